The topological polar surface area (TPSA) is 23.5 Å². The van der Waals surface area contributed by atoms with Crippen molar-refractivity contribution in [2.75, 3.05) is 20.2 Å². The van der Waals surface area contributed by atoms with Crippen LogP contribution in [0.3, 0.4) is 0 Å². The number of likely N-dealkylation sites (N-methyl/N-ethyl adjacent to an activating group) is 1. The van der Waals surface area contributed by atoms with Crippen LogP contribution in [-0.2, 0) is 0 Å². The Bertz CT molecular complexity index is 167. The van der Waals surface area contributed by atoms with Crippen molar-refractivity contribution in [2.24, 2.45) is 11.3 Å². The van der Waals surface area contributed by atoms with E-state index in [0.717, 1.165) is 12.5 Å². The molecule has 1 aliphatic carbocycles. The Hall–Kier alpha value is -0.0800. The highest BCUT2D eigenvalue weighted by molar-refractivity contribution is 4.94. The van der Waals surface area contributed by atoms with E-state index in [1.165, 1.54) is 12.8 Å². The summed E-state index contributed by atoms with van der Waals surface area (Å²) in [6.45, 7) is 8.09. The van der Waals surface area contributed by atoms with Crippen molar-refractivity contribution in [2.45, 2.75) is 39.7 Å². The molecule has 0 saturated heterocycles. The Morgan fingerprint density at radius 1 is 1.46 bits per heavy atom. The summed E-state index contributed by atoms with van der Waals surface area (Å²) >= 11 is 0. The summed E-state index contributed by atoms with van der Waals surface area (Å²) < 4.78 is 0. The molecule has 1 rings (SSSR count). The maximum atomic E-state index is 8.91. The van der Waals surface area contributed by atoms with Gasteiger partial charge < -0.3 is 10.0 Å². The highest BCUT2D eigenvalue weighted by Gasteiger charge is 2.41. The van der Waals surface area contributed by atoms with Crippen molar-refractivity contribution < 1.29 is 5.11 Å². The number of rotatable bonds is 3. The van der Waals surface area contributed by atoms with Gasteiger partial charge in [-0.15, -0.1) is 0 Å². The first kappa shape index (κ1) is 11.0. The van der Waals surface area contributed by atoms with E-state index in [2.05, 4.69) is 32.7 Å². The highest BCUT2D eigenvalue weighted by atomic mass is 16.3. The first-order valence-electron chi connectivity index (χ1n) is 5.30. The third-order valence-electron chi connectivity index (χ3n) is 3.51. The second-order valence-corrected chi connectivity index (χ2v) is 5.15. The first-order chi connectivity index (χ1) is 5.99. The molecule has 2 atom stereocenters. The lowest BCUT2D eigenvalue weighted by Gasteiger charge is -2.37. The van der Waals surface area contributed by atoms with Gasteiger partial charge in [0.05, 0.1) is 6.61 Å². The van der Waals surface area contributed by atoms with Gasteiger partial charge in [0.2, 0.25) is 0 Å². The van der Waals surface area contributed by atoms with E-state index in [1.54, 1.807) is 0 Å². The van der Waals surface area contributed by atoms with E-state index >= 15 is 0 Å². The third kappa shape index (κ3) is 2.23. The second-order valence-electron chi connectivity index (χ2n) is 5.15. The molecule has 1 N–H and O–H groups in total. The number of aliphatic hydroxyl groups is 1. The first-order valence-corrected chi connectivity index (χ1v) is 5.30. The third-order valence-corrected chi connectivity index (χ3v) is 3.51. The lowest BCUT2D eigenvalue weighted by atomic mass is 9.84. The lowest BCUT2D eigenvalue weighted by Crippen LogP contribution is -2.43. The largest absolute Gasteiger partial charge is 0.395 e. The summed E-state index contributed by atoms with van der Waals surface area (Å²) in [4.78, 5) is 2.32. The second kappa shape index (κ2) is 3.97. The quantitative estimate of drug-likeness (QED) is 0.724. The van der Waals surface area contributed by atoms with Crippen LogP contribution in [0.5, 0.6) is 0 Å². The minimum Gasteiger partial charge on any atom is -0.395 e. The molecular weight excluding hydrogens is 162 g/mol. The van der Waals surface area contributed by atoms with Crippen LogP contribution >= 0.6 is 0 Å². The molecule has 1 fully saturated rings. The average molecular weight is 185 g/mol. The Morgan fingerprint density at radius 3 is 2.46 bits per heavy atom. The smallest absolute Gasteiger partial charge is 0.0558 e. The molecule has 2 nitrogen and oxygen atoms in total. The van der Waals surface area contributed by atoms with Crippen molar-refractivity contribution in [1.29, 1.82) is 0 Å². The molecule has 1 saturated carbocycles. The molecule has 2 unspecified atom stereocenters. The van der Waals surface area contributed by atoms with Crippen LogP contribution in [0.2, 0.25) is 0 Å². The summed E-state index contributed by atoms with van der Waals surface area (Å²) in [6.07, 6.45) is 2.64. The normalized spacial score (nSPS) is 32.8. The van der Waals surface area contributed by atoms with Crippen LogP contribution in [0.15, 0.2) is 0 Å². The van der Waals surface area contributed by atoms with Crippen LogP contribution in [0.25, 0.3) is 0 Å². The van der Waals surface area contributed by atoms with Crippen LogP contribution in [0, 0.1) is 11.3 Å². The zero-order valence-electron chi connectivity index (χ0n) is 9.38. The van der Waals surface area contributed by atoms with E-state index in [4.69, 9.17) is 5.11 Å². The Labute approximate surface area is 81.9 Å². The van der Waals surface area contributed by atoms with Gasteiger partial charge in [0, 0.05) is 12.6 Å². The fourth-order valence-electron chi connectivity index (χ4n) is 3.00. The fourth-order valence-corrected chi connectivity index (χ4v) is 3.00. The van der Waals surface area contributed by atoms with Crippen LogP contribution in [-0.4, -0.2) is 36.2 Å². The molecule has 0 aromatic rings. The molecule has 13 heavy (non-hydrogen) atoms. The van der Waals surface area contributed by atoms with E-state index in [-0.39, 0.29) is 6.61 Å². The van der Waals surface area contributed by atoms with Gasteiger partial charge in [0.1, 0.15) is 0 Å². The van der Waals surface area contributed by atoms with Crippen molar-refractivity contribution >= 4 is 0 Å². The van der Waals surface area contributed by atoms with Crippen molar-refractivity contribution in [3.8, 4) is 0 Å². The molecule has 1 aliphatic rings. The molecule has 0 aromatic heterocycles. The van der Waals surface area contributed by atoms with Gasteiger partial charge in [-0.1, -0.05) is 20.8 Å². The van der Waals surface area contributed by atoms with E-state index < -0.39 is 0 Å². The Balaban J connectivity index is 2.64. The molecule has 0 aliphatic heterocycles. The van der Waals surface area contributed by atoms with Gasteiger partial charge in [-0.2, -0.15) is 0 Å². The van der Waals surface area contributed by atoms with Crippen molar-refractivity contribution in [3.63, 3.8) is 0 Å². The molecule has 0 spiro atoms. The zero-order chi connectivity index (χ0) is 10.1. The predicted molar refractivity (Wildman–Crippen MR) is 55.7 cm³/mol. The molecule has 0 amide bonds. The summed E-state index contributed by atoms with van der Waals surface area (Å²) in [6, 6.07) is 0.639. The van der Waals surface area contributed by atoms with Crippen LogP contribution in [0.1, 0.15) is 33.6 Å². The Kier molecular flexibility index (Phi) is 3.36. The maximum absolute atomic E-state index is 8.91. The van der Waals surface area contributed by atoms with Crippen molar-refractivity contribution in [3.05, 3.63) is 0 Å². The summed E-state index contributed by atoms with van der Waals surface area (Å²) in [7, 11) is 2.13. The summed E-state index contributed by atoms with van der Waals surface area (Å²) in [5.74, 6) is 0.770. The lowest BCUT2D eigenvalue weighted by molar-refractivity contribution is 0.0943. The molecule has 2 heteroatoms. The number of hydrogen-bond acceptors (Lipinski definition) is 2. The molecule has 0 bridgehead atoms. The van der Waals surface area contributed by atoms with Gasteiger partial charge in [-0.05, 0) is 31.2 Å². The molecule has 0 heterocycles. The molecule has 78 valence electrons. The Morgan fingerprint density at radius 2 is 2.08 bits per heavy atom. The van der Waals surface area contributed by atoms with E-state index in [0.29, 0.717) is 11.5 Å². The summed E-state index contributed by atoms with van der Waals surface area (Å²) in [5, 5.41) is 8.91. The number of nitrogens with zero attached hydrogens (tertiary/aromatic N) is 1. The van der Waals surface area contributed by atoms with Gasteiger partial charge in [0.15, 0.2) is 0 Å². The predicted octanol–water partition coefficient (Wildman–Crippen LogP) is 1.74. The zero-order valence-corrected chi connectivity index (χ0v) is 9.38. The van der Waals surface area contributed by atoms with Gasteiger partial charge in [-0.3, -0.25) is 0 Å². The van der Waals surface area contributed by atoms with Crippen LogP contribution in [0.4, 0.5) is 0 Å². The van der Waals surface area contributed by atoms with Crippen LogP contribution < -0.4 is 0 Å². The number of aliphatic hydroxyl groups excluding tert-OH is 1. The standard InChI is InChI=1S/C11H23NO/c1-9-5-6-11(2,3)10(9)12(4)7-8-13/h9-10,13H,5-8H2,1-4H3. The van der Waals surface area contributed by atoms with E-state index in [9.17, 15) is 0 Å². The average Bonchev–Trinajstić information content (AvgIpc) is 2.26. The van der Waals surface area contributed by atoms with Gasteiger partial charge in [0.25, 0.3) is 0 Å². The van der Waals surface area contributed by atoms with Gasteiger partial charge >= 0.3 is 0 Å². The van der Waals surface area contributed by atoms with Crippen molar-refractivity contribution in [1.82, 2.24) is 4.90 Å². The minimum absolute atomic E-state index is 0.274. The molecule has 0 radical (unpaired) electrons. The van der Waals surface area contributed by atoms with E-state index in [1.807, 2.05) is 0 Å². The van der Waals surface area contributed by atoms with Gasteiger partial charge in [-0.25, -0.2) is 0 Å². The molecule has 0 aromatic carbocycles. The minimum atomic E-state index is 0.274. The maximum Gasteiger partial charge on any atom is 0.0558 e. The SMILES string of the molecule is CC1CCC(C)(C)C1N(C)CCO. The highest BCUT2D eigenvalue weighted by Crippen LogP contribution is 2.43. The number of hydrogen-bond donors (Lipinski definition) is 1. The monoisotopic (exact) mass is 185 g/mol. The summed E-state index contributed by atoms with van der Waals surface area (Å²) in [5.41, 5.74) is 0.420. The fraction of sp³-hybridized carbons (Fsp3) is 1.00. The molecular formula is C11H23NO.